The Hall–Kier alpha value is -4.45. The second-order valence-corrected chi connectivity index (χ2v) is 7.31. The number of aryl methyl sites for hydroxylation is 1. The van der Waals surface area contributed by atoms with Gasteiger partial charge in [0.15, 0.2) is 17.2 Å². The topological polar surface area (TPSA) is 156 Å². The predicted octanol–water partition coefficient (Wildman–Crippen LogP) is 2.55. The normalized spacial score (nSPS) is 11.0. The highest BCUT2D eigenvalue weighted by Gasteiger charge is 2.22. The minimum atomic E-state index is -0.576. The van der Waals surface area contributed by atoms with E-state index in [0.29, 0.717) is 27.8 Å². The standard InChI is InChI=1S/C21H19ClN8O4/c1-12-18(30(29-25-12)20-19(23)27-34-28-20)21(31)26-24-10-13-7-8-16(17(9-13)32-2)33-11-14-5-3-4-6-15(14)22/h3-10H,11H2,1-2H3,(H2,23,27)(H,26,31)/b24-10+. The van der Waals surface area contributed by atoms with Crippen molar-refractivity contribution in [2.45, 2.75) is 13.5 Å². The van der Waals surface area contributed by atoms with Crippen molar-refractivity contribution in [3.63, 3.8) is 0 Å². The van der Waals surface area contributed by atoms with Crippen LogP contribution in [0.1, 0.15) is 27.3 Å². The van der Waals surface area contributed by atoms with Crippen LogP contribution >= 0.6 is 11.6 Å². The SMILES string of the molecule is COc1cc(/C=N/NC(=O)c2c(C)nnn2-c2nonc2N)ccc1OCc1ccccc1Cl. The Balaban J connectivity index is 1.44. The van der Waals surface area contributed by atoms with Crippen LogP contribution in [0.3, 0.4) is 0 Å². The Kier molecular flexibility index (Phi) is 6.69. The monoisotopic (exact) mass is 482 g/mol. The van der Waals surface area contributed by atoms with E-state index in [4.69, 9.17) is 26.8 Å². The van der Waals surface area contributed by atoms with Gasteiger partial charge in [-0.2, -0.15) is 9.78 Å². The molecule has 0 fully saturated rings. The van der Waals surface area contributed by atoms with Crippen molar-refractivity contribution in [1.29, 1.82) is 0 Å². The lowest BCUT2D eigenvalue weighted by Crippen LogP contribution is -2.22. The van der Waals surface area contributed by atoms with Crippen LogP contribution in [-0.4, -0.2) is 44.5 Å². The second-order valence-electron chi connectivity index (χ2n) is 6.90. The number of nitrogens with one attached hydrogen (secondary N) is 1. The number of rotatable bonds is 8. The lowest BCUT2D eigenvalue weighted by molar-refractivity contribution is 0.0946. The quantitative estimate of drug-likeness (QED) is 0.284. The first-order valence-corrected chi connectivity index (χ1v) is 10.2. The average Bonchev–Trinajstić information content (AvgIpc) is 3.43. The number of carbonyl (C=O) groups excluding carboxylic acids is 1. The number of nitrogens with zero attached hydrogens (tertiary/aromatic N) is 6. The zero-order chi connectivity index (χ0) is 24.1. The number of hydrazone groups is 1. The summed E-state index contributed by atoms with van der Waals surface area (Å²) in [5, 5.41) is 19.5. The summed E-state index contributed by atoms with van der Waals surface area (Å²) in [4.78, 5) is 12.7. The fourth-order valence-electron chi connectivity index (χ4n) is 2.98. The predicted molar refractivity (Wildman–Crippen MR) is 122 cm³/mol. The first-order chi connectivity index (χ1) is 16.5. The number of anilines is 1. The van der Waals surface area contributed by atoms with Crippen LogP contribution in [0.5, 0.6) is 11.5 Å². The number of ether oxygens (including phenoxy) is 2. The zero-order valence-electron chi connectivity index (χ0n) is 18.1. The van der Waals surface area contributed by atoms with Crippen molar-refractivity contribution >= 4 is 29.5 Å². The molecule has 3 N–H and O–H groups in total. The van der Waals surface area contributed by atoms with Crippen LogP contribution in [-0.2, 0) is 6.61 Å². The van der Waals surface area contributed by atoms with Crippen LogP contribution in [0.2, 0.25) is 5.02 Å². The van der Waals surface area contributed by atoms with Gasteiger partial charge in [-0.25, -0.2) is 10.1 Å². The van der Waals surface area contributed by atoms with E-state index < -0.39 is 5.91 Å². The van der Waals surface area contributed by atoms with Gasteiger partial charge < -0.3 is 15.2 Å². The number of hydrogen-bond donors (Lipinski definition) is 2. The van der Waals surface area contributed by atoms with E-state index in [1.165, 1.54) is 13.3 Å². The summed E-state index contributed by atoms with van der Waals surface area (Å²) in [6.45, 7) is 1.89. The Bertz CT molecular complexity index is 1350. The summed E-state index contributed by atoms with van der Waals surface area (Å²) < 4.78 is 16.9. The molecule has 0 radical (unpaired) electrons. The van der Waals surface area contributed by atoms with Gasteiger partial charge in [-0.3, -0.25) is 4.79 Å². The molecule has 0 aliphatic rings. The molecular formula is C21H19ClN8O4. The molecule has 4 rings (SSSR count). The van der Waals surface area contributed by atoms with Gasteiger partial charge >= 0.3 is 0 Å². The highest BCUT2D eigenvalue weighted by molar-refractivity contribution is 6.31. The summed E-state index contributed by atoms with van der Waals surface area (Å²) in [6, 6.07) is 12.6. The zero-order valence-corrected chi connectivity index (χ0v) is 18.9. The lowest BCUT2D eigenvalue weighted by atomic mass is 10.2. The number of nitrogen functional groups attached to an aromatic ring is 1. The third-order valence-corrected chi connectivity index (χ3v) is 5.03. The van der Waals surface area contributed by atoms with Gasteiger partial charge in [0, 0.05) is 10.6 Å². The first kappa shape index (κ1) is 22.7. The minimum Gasteiger partial charge on any atom is -0.493 e. The molecule has 2 aromatic carbocycles. The highest BCUT2D eigenvalue weighted by atomic mass is 35.5. The summed E-state index contributed by atoms with van der Waals surface area (Å²) in [5.41, 5.74) is 10.1. The summed E-state index contributed by atoms with van der Waals surface area (Å²) in [5.74, 6) is 0.466. The van der Waals surface area contributed by atoms with E-state index >= 15 is 0 Å². The van der Waals surface area contributed by atoms with Crippen LogP contribution < -0.4 is 20.6 Å². The number of halogens is 1. The molecule has 0 bridgehead atoms. The molecule has 4 aromatic rings. The number of amides is 1. The molecule has 34 heavy (non-hydrogen) atoms. The van der Waals surface area contributed by atoms with Crippen molar-refractivity contribution in [3.8, 4) is 17.3 Å². The largest absolute Gasteiger partial charge is 0.493 e. The fraction of sp³-hybridized carbons (Fsp3) is 0.143. The van der Waals surface area contributed by atoms with Crippen molar-refractivity contribution in [2.75, 3.05) is 12.8 Å². The highest BCUT2D eigenvalue weighted by Crippen LogP contribution is 2.29. The molecule has 0 aliphatic heterocycles. The minimum absolute atomic E-state index is 0.0357. The fourth-order valence-corrected chi connectivity index (χ4v) is 3.17. The average molecular weight is 483 g/mol. The van der Waals surface area contributed by atoms with E-state index in [1.54, 1.807) is 31.2 Å². The molecule has 0 saturated carbocycles. The summed E-state index contributed by atoms with van der Waals surface area (Å²) >= 11 is 6.18. The molecule has 2 aromatic heterocycles. The van der Waals surface area contributed by atoms with Gasteiger partial charge in [0.2, 0.25) is 11.6 Å². The van der Waals surface area contributed by atoms with Gasteiger partial charge in [-0.15, -0.1) is 5.10 Å². The van der Waals surface area contributed by atoms with Crippen molar-refractivity contribution in [1.82, 2.24) is 30.7 Å². The van der Waals surface area contributed by atoms with Gasteiger partial charge in [0.1, 0.15) is 6.61 Å². The maximum absolute atomic E-state index is 12.7. The van der Waals surface area contributed by atoms with Crippen LogP contribution in [0.25, 0.3) is 5.82 Å². The van der Waals surface area contributed by atoms with Gasteiger partial charge in [0.05, 0.1) is 19.0 Å². The van der Waals surface area contributed by atoms with Gasteiger partial charge in [-0.05, 0) is 47.1 Å². The first-order valence-electron chi connectivity index (χ1n) is 9.86. The lowest BCUT2D eigenvalue weighted by Gasteiger charge is -2.12. The number of methoxy groups -OCH3 is 1. The number of carbonyl (C=O) groups is 1. The molecular weight excluding hydrogens is 464 g/mol. The third-order valence-electron chi connectivity index (χ3n) is 4.66. The van der Waals surface area contributed by atoms with Crippen molar-refractivity contribution in [2.24, 2.45) is 5.10 Å². The van der Waals surface area contributed by atoms with Crippen LogP contribution in [0.15, 0.2) is 52.2 Å². The molecule has 0 spiro atoms. The number of benzene rings is 2. The molecule has 0 aliphatic carbocycles. The smallest absolute Gasteiger partial charge is 0.292 e. The van der Waals surface area contributed by atoms with Gasteiger partial charge in [0.25, 0.3) is 5.91 Å². The number of nitrogens with two attached hydrogens (primary N) is 1. The Morgan fingerprint density at radius 2 is 2.09 bits per heavy atom. The molecule has 0 atom stereocenters. The molecule has 1 amide bonds. The van der Waals surface area contributed by atoms with E-state index in [0.717, 1.165) is 10.2 Å². The Morgan fingerprint density at radius 3 is 2.82 bits per heavy atom. The number of aromatic nitrogens is 5. The van der Waals surface area contributed by atoms with E-state index in [-0.39, 0.29) is 23.9 Å². The van der Waals surface area contributed by atoms with Crippen LogP contribution in [0.4, 0.5) is 5.82 Å². The molecule has 0 unspecified atom stereocenters. The Labute approximate surface area is 198 Å². The van der Waals surface area contributed by atoms with E-state index in [9.17, 15) is 4.79 Å². The maximum Gasteiger partial charge on any atom is 0.292 e. The van der Waals surface area contributed by atoms with E-state index in [2.05, 4.69) is 35.8 Å². The van der Waals surface area contributed by atoms with E-state index in [1.807, 2.05) is 18.2 Å². The summed E-state index contributed by atoms with van der Waals surface area (Å²) in [7, 11) is 1.53. The van der Waals surface area contributed by atoms with Gasteiger partial charge in [-0.1, -0.05) is 35.0 Å². The third kappa shape index (κ3) is 4.81. The molecule has 0 saturated heterocycles. The molecule has 174 valence electrons. The van der Waals surface area contributed by atoms with Crippen molar-refractivity contribution < 1.29 is 18.9 Å². The molecule has 13 heteroatoms. The summed E-state index contributed by atoms with van der Waals surface area (Å²) in [6.07, 6.45) is 1.45. The Morgan fingerprint density at radius 1 is 1.26 bits per heavy atom. The van der Waals surface area contributed by atoms with Crippen molar-refractivity contribution in [3.05, 3.63) is 70.0 Å². The van der Waals surface area contributed by atoms with Crippen LogP contribution in [0, 0.1) is 6.92 Å². The molecule has 2 heterocycles. The molecule has 12 nitrogen and oxygen atoms in total. The number of hydrogen-bond acceptors (Lipinski definition) is 10. The second kappa shape index (κ2) is 10.0. The maximum atomic E-state index is 12.7.